The summed E-state index contributed by atoms with van der Waals surface area (Å²) in [5, 5.41) is 5.84. The number of primary amides is 1. The third kappa shape index (κ3) is 4.84. The lowest BCUT2D eigenvalue weighted by Gasteiger charge is -2.14. The van der Waals surface area contributed by atoms with Crippen molar-refractivity contribution in [1.82, 2.24) is 5.32 Å². The van der Waals surface area contributed by atoms with Gasteiger partial charge in [0.05, 0.1) is 6.61 Å². The van der Waals surface area contributed by atoms with Crippen LogP contribution in [0.3, 0.4) is 0 Å². The molecule has 0 bridgehead atoms. The number of amides is 2. The van der Waals surface area contributed by atoms with Crippen LogP contribution in [-0.2, 0) is 4.74 Å². The maximum Gasteiger partial charge on any atom is 0.316 e. The lowest BCUT2D eigenvalue weighted by Crippen LogP contribution is -2.23. The van der Waals surface area contributed by atoms with Gasteiger partial charge in [-0.2, -0.15) is 0 Å². The highest BCUT2D eigenvalue weighted by Gasteiger charge is 2.04. The highest BCUT2D eigenvalue weighted by molar-refractivity contribution is 5.87. The molecule has 1 rings (SSSR count). The van der Waals surface area contributed by atoms with Crippen molar-refractivity contribution < 1.29 is 9.53 Å². The van der Waals surface area contributed by atoms with E-state index < -0.39 is 6.03 Å². The van der Waals surface area contributed by atoms with Gasteiger partial charge in [-0.3, -0.25) is 0 Å². The molecule has 1 aromatic carbocycles. The first-order valence-electron chi connectivity index (χ1n) is 5.52. The minimum absolute atomic E-state index is 0.243. The van der Waals surface area contributed by atoms with E-state index in [-0.39, 0.29) is 6.04 Å². The first kappa shape index (κ1) is 13.5. The Morgan fingerprint density at radius 1 is 1.41 bits per heavy atom. The van der Waals surface area contributed by atoms with Crippen LogP contribution >= 0.6 is 0 Å². The van der Waals surface area contributed by atoms with E-state index in [2.05, 4.69) is 17.6 Å². The van der Waals surface area contributed by atoms with E-state index in [0.717, 1.165) is 12.1 Å². The number of nitrogens with one attached hydrogen (secondary N) is 2. The van der Waals surface area contributed by atoms with E-state index in [4.69, 9.17) is 10.5 Å². The summed E-state index contributed by atoms with van der Waals surface area (Å²) in [6.07, 6.45) is 0. The normalized spacial score (nSPS) is 12.1. The summed E-state index contributed by atoms with van der Waals surface area (Å²) in [6.45, 7) is 3.57. The summed E-state index contributed by atoms with van der Waals surface area (Å²) in [7, 11) is 1.68. The van der Waals surface area contributed by atoms with Gasteiger partial charge in [-0.15, -0.1) is 0 Å². The fourth-order valence-electron chi connectivity index (χ4n) is 1.49. The maximum absolute atomic E-state index is 10.6. The lowest BCUT2D eigenvalue weighted by molar-refractivity contribution is 0.196. The zero-order valence-electron chi connectivity index (χ0n) is 10.2. The molecule has 0 fully saturated rings. The highest BCUT2D eigenvalue weighted by atomic mass is 16.5. The number of carbonyl (C=O) groups excluding carboxylic acids is 1. The van der Waals surface area contributed by atoms with Crippen LogP contribution in [-0.4, -0.2) is 26.3 Å². The van der Waals surface area contributed by atoms with Crippen LogP contribution < -0.4 is 16.4 Å². The van der Waals surface area contributed by atoms with Gasteiger partial charge in [0, 0.05) is 25.4 Å². The zero-order chi connectivity index (χ0) is 12.7. The van der Waals surface area contributed by atoms with Gasteiger partial charge in [0.15, 0.2) is 0 Å². The molecule has 17 heavy (non-hydrogen) atoms. The van der Waals surface area contributed by atoms with Crippen molar-refractivity contribution in [2.24, 2.45) is 5.73 Å². The number of hydrogen-bond acceptors (Lipinski definition) is 3. The Labute approximate surface area is 101 Å². The van der Waals surface area contributed by atoms with E-state index in [0.29, 0.717) is 12.3 Å². The standard InChI is InChI=1S/C12H19N3O2/c1-9(14-7-8-17-2)10-3-5-11(6-4-10)15-12(13)16/h3-6,9,14H,7-8H2,1-2H3,(H3,13,15,16). The molecular weight excluding hydrogens is 218 g/mol. The van der Waals surface area contributed by atoms with Gasteiger partial charge in [-0.05, 0) is 24.6 Å². The van der Waals surface area contributed by atoms with E-state index in [9.17, 15) is 4.79 Å². The summed E-state index contributed by atoms with van der Waals surface area (Å²) in [5.74, 6) is 0. The van der Waals surface area contributed by atoms with Gasteiger partial charge < -0.3 is 21.1 Å². The Morgan fingerprint density at radius 3 is 2.59 bits per heavy atom. The first-order valence-corrected chi connectivity index (χ1v) is 5.52. The average Bonchev–Trinajstić information content (AvgIpc) is 2.29. The summed E-state index contributed by atoms with van der Waals surface area (Å²) in [4.78, 5) is 10.6. The van der Waals surface area contributed by atoms with Crippen molar-refractivity contribution in [3.05, 3.63) is 29.8 Å². The van der Waals surface area contributed by atoms with Gasteiger partial charge in [-0.1, -0.05) is 12.1 Å². The quantitative estimate of drug-likeness (QED) is 0.656. The van der Waals surface area contributed by atoms with E-state index >= 15 is 0 Å². The molecule has 0 saturated heterocycles. The Balaban J connectivity index is 2.51. The molecule has 1 aromatic rings. The molecule has 0 aliphatic heterocycles. The third-order valence-electron chi connectivity index (χ3n) is 2.43. The van der Waals surface area contributed by atoms with Crippen molar-refractivity contribution in [2.45, 2.75) is 13.0 Å². The Kier molecular flexibility index (Phi) is 5.45. The van der Waals surface area contributed by atoms with Crippen molar-refractivity contribution in [1.29, 1.82) is 0 Å². The largest absolute Gasteiger partial charge is 0.383 e. The second-order valence-corrected chi connectivity index (χ2v) is 3.78. The number of nitrogens with two attached hydrogens (primary N) is 1. The van der Waals surface area contributed by atoms with Crippen LogP contribution in [0, 0.1) is 0 Å². The molecule has 0 spiro atoms. The van der Waals surface area contributed by atoms with Crippen LogP contribution in [0.15, 0.2) is 24.3 Å². The van der Waals surface area contributed by atoms with Crippen LogP contribution in [0.5, 0.6) is 0 Å². The van der Waals surface area contributed by atoms with Gasteiger partial charge >= 0.3 is 6.03 Å². The van der Waals surface area contributed by atoms with Gasteiger partial charge in [0.1, 0.15) is 0 Å². The van der Waals surface area contributed by atoms with Crippen LogP contribution in [0.4, 0.5) is 10.5 Å². The molecule has 5 nitrogen and oxygen atoms in total. The molecule has 0 saturated carbocycles. The topological polar surface area (TPSA) is 76.4 Å². The number of carbonyl (C=O) groups is 1. The monoisotopic (exact) mass is 237 g/mol. The summed E-state index contributed by atoms with van der Waals surface area (Å²) in [6, 6.07) is 7.26. The van der Waals surface area contributed by atoms with Crippen molar-refractivity contribution >= 4 is 11.7 Å². The third-order valence-corrected chi connectivity index (χ3v) is 2.43. The minimum atomic E-state index is -0.552. The van der Waals surface area contributed by atoms with Gasteiger partial charge in [0.2, 0.25) is 0 Å². The number of hydrogen-bond donors (Lipinski definition) is 3. The van der Waals surface area contributed by atoms with Crippen LogP contribution in [0.25, 0.3) is 0 Å². The van der Waals surface area contributed by atoms with Crippen LogP contribution in [0.2, 0.25) is 0 Å². The number of methoxy groups -OCH3 is 1. The molecule has 1 unspecified atom stereocenters. The average molecular weight is 237 g/mol. The predicted molar refractivity (Wildman–Crippen MR) is 67.9 cm³/mol. The van der Waals surface area contributed by atoms with E-state index in [1.807, 2.05) is 24.3 Å². The number of rotatable bonds is 6. The van der Waals surface area contributed by atoms with Crippen LogP contribution in [0.1, 0.15) is 18.5 Å². The summed E-state index contributed by atoms with van der Waals surface area (Å²) < 4.78 is 4.97. The second kappa shape index (κ2) is 6.88. The zero-order valence-corrected chi connectivity index (χ0v) is 10.2. The fraction of sp³-hybridized carbons (Fsp3) is 0.417. The number of anilines is 1. The summed E-state index contributed by atoms with van der Waals surface area (Å²) in [5.41, 5.74) is 6.88. The van der Waals surface area contributed by atoms with Gasteiger partial charge in [-0.25, -0.2) is 4.79 Å². The fourth-order valence-corrected chi connectivity index (χ4v) is 1.49. The predicted octanol–water partition coefficient (Wildman–Crippen LogP) is 1.47. The molecule has 0 aliphatic carbocycles. The minimum Gasteiger partial charge on any atom is -0.383 e. The molecule has 2 amide bonds. The SMILES string of the molecule is COCCNC(C)c1ccc(NC(N)=O)cc1. The Morgan fingerprint density at radius 2 is 2.06 bits per heavy atom. The molecule has 4 N–H and O–H groups in total. The first-order chi connectivity index (χ1) is 8.13. The second-order valence-electron chi connectivity index (χ2n) is 3.78. The number of ether oxygens (including phenoxy) is 1. The van der Waals surface area contributed by atoms with E-state index in [1.54, 1.807) is 7.11 Å². The number of urea groups is 1. The van der Waals surface area contributed by atoms with E-state index in [1.165, 1.54) is 0 Å². The molecule has 94 valence electrons. The smallest absolute Gasteiger partial charge is 0.316 e. The molecule has 1 atom stereocenters. The maximum atomic E-state index is 10.6. The van der Waals surface area contributed by atoms with Crippen molar-refractivity contribution in [3.63, 3.8) is 0 Å². The molecular formula is C12H19N3O2. The molecule has 0 aliphatic rings. The lowest BCUT2D eigenvalue weighted by atomic mass is 10.1. The van der Waals surface area contributed by atoms with Crippen molar-refractivity contribution in [3.8, 4) is 0 Å². The Hall–Kier alpha value is -1.59. The molecule has 5 heteroatoms. The summed E-state index contributed by atoms with van der Waals surface area (Å²) >= 11 is 0. The van der Waals surface area contributed by atoms with Gasteiger partial charge in [0.25, 0.3) is 0 Å². The molecule has 0 radical (unpaired) electrons. The number of benzene rings is 1. The molecule has 0 heterocycles. The van der Waals surface area contributed by atoms with Crippen molar-refractivity contribution in [2.75, 3.05) is 25.6 Å². The highest BCUT2D eigenvalue weighted by Crippen LogP contribution is 2.15. The molecule has 0 aromatic heterocycles. The Bertz CT molecular complexity index is 351.